The first-order valence-electron chi connectivity index (χ1n) is 7.64. The van der Waals surface area contributed by atoms with E-state index in [0.29, 0.717) is 6.42 Å². The number of carbonyl (C=O) groups is 2. The highest BCUT2D eigenvalue weighted by Crippen LogP contribution is 2.14. The van der Waals surface area contributed by atoms with Crippen molar-refractivity contribution in [1.82, 2.24) is 10.3 Å². The lowest BCUT2D eigenvalue weighted by atomic mass is 10.0. The number of carbonyl (C=O) groups excluding carboxylic acids is 2. The quantitative estimate of drug-likeness (QED) is 0.861. The number of aromatic nitrogens is 1. The summed E-state index contributed by atoms with van der Waals surface area (Å²) < 4.78 is 5.16. The molecule has 23 heavy (non-hydrogen) atoms. The summed E-state index contributed by atoms with van der Waals surface area (Å²) in [5, 5.41) is 3.69. The van der Waals surface area contributed by atoms with Crippen molar-refractivity contribution < 1.29 is 14.3 Å². The van der Waals surface area contributed by atoms with E-state index < -0.39 is 11.7 Å². The van der Waals surface area contributed by atoms with Crippen LogP contribution >= 0.6 is 0 Å². The Kier molecular flexibility index (Phi) is 5.32. The minimum Gasteiger partial charge on any atom is -0.444 e. The van der Waals surface area contributed by atoms with Crippen LogP contribution in [-0.4, -0.2) is 29.5 Å². The van der Waals surface area contributed by atoms with E-state index in [2.05, 4.69) is 10.3 Å². The van der Waals surface area contributed by atoms with Gasteiger partial charge in [-0.05, 0) is 32.9 Å². The zero-order valence-electron chi connectivity index (χ0n) is 13.7. The molecule has 1 amide bonds. The number of hydrogen-bond donors (Lipinski definition) is 1. The Balaban J connectivity index is 1.95. The molecule has 1 unspecified atom stereocenters. The predicted molar refractivity (Wildman–Crippen MR) is 89.2 cm³/mol. The van der Waals surface area contributed by atoms with E-state index in [1.54, 1.807) is 20.8 Å². The minimum absolute atomic E-state index is 0.229. The molecular weight excluding hydrogens is 292 g/mol. The number of fused-ring (bicyclic) bond motifs is 1. The molecule has 0 aliphatic carbocycles. The Morgan fingerprint density at radius 1 is 1.26 bits per heavy atom. The molecule has 0 aliphatic rings. The second kappa shape index (κ2) is 7.22. The van der Waals surface area contributed by atoms with E-state index in [0.717, 1.165) is 22.9 Å². The Hall–Kier alpha value is -2.43. The number of aldehydes is 1. The Labute approximate surface area is 136 Å². The number of para-hydroxylation sites is 1. The number of benzene rings is 1. The van der Waals surface area contributed by atoms with Gasteiger partial charge in [-0.15, -0.1) is 0 Å². The van der Waals surface area contributed by atoms with E-state index in [1.807, 2.05) is 36.4 Å². The zero-order valence-corrected chi connectivity index (χ0v) is 13.7. The smallest absolute Gasteiger partial charge is 0.407 e. The van der Waals surface area contributed by atoms with Crippen molar-refractivity contribution >= 4 is 23.3 Å². The molecule has 0 saturated heterocycles. The van der Waals surface area contributed by atoms with Gasteiger partial charge < -0.3 is 14.8 Å². The van der Waals surface area contributed by atoms with E-state index >= 15 is 0 Å². The standard InChI is InChI=1S/C18H22N2O3/c1-18(2,3)23-17(22)19-11-13(12-21)10-15-9-8-14-6-4-5-7-16(14)20-15/h4-9,12-13H,10-11H2,1-3H3,(H,19,22). The molecule has 1 aromatic carbocycles. The Morgan fingerprint density at radius 2 is 2.00 bits per heavy atom. The maximum Gasteiger partial charge on any atom is 0.407 e. The maximum absolute atomic E-state index is 11.6. The van der Waals surface area contributed by atoms with Crippen LogP contribution in [0.3, 0.4) is 0 Å². The van der Waals surface area contributed by atoms with E-state index in [9.17, 15) is 9.59 Å². The minimum atomic E-state index is -0.555. The largest absolute Gasteiger partial charge is 0.444 e. The number of pyridine rings is 1. The molecule has 0 spiro atoms. The van der Waals surface area contributed by atoms with Gasteiger partial charge in [-0.1, -0.05) is 24.3 Å². The number of hydrogen-bond acceptors (Lipinski definition) is 4. The summed E-state index contributed by atoms with van der Waals surface area (Å²) in [5.41, 5.74) is 1.17. The SMILES string of the molecule is CC(C)(C)OC(=O)NCC(C=O)Cc1ccc2ccccc2n1. The van der Waals surface area contributed by atoms with Crippen molar-refractivity contribution in [1.29, 1.82) is 0 Å². The second-order valence-electron chi connectivity index (χ2n) is 6.48. The molecule has 122 valence electrons. The first kappa shape index (κ1) is 16.9. The fraction of sp³-hybridized carbons (Fsp3) is 0.389. The zero-order chi connectivity index (χ0) is 16.9. The topological polar surface area (TPSA) is 68.3 Å². The third-order valence-electron chi connectivity index (χ3n) is 3.23. The van der Waals surface area contributed by atoms with Crippen molar-refractivity contribution in [3.63, 3.8) is 0 Å². The van der Waals surface area contributed by atoms with Gasteiger partial charge in [0.1, 0.15) is 11.9 Å². The molecule has 1 aromatic heterocycles. The number of ether oxygens (including phenoxy) is 1. The molecule has 2 rings (SSSR count). The Bertz CT molecular complexity index is 692. The summed E-state index contributed by atoms with van der Waals surface area (Å²) in [6.07, 6.45) is 0.800. The molecule has 2 aromatic rings. The molecule has 5 nitrogen and oxygen atoms in total. The van der Waals surface area contributed by atoms with Gasteiger partial charge in [0.2, 0.25) is 0 Å². The molecule has 1 heterocycles. The highest BCUT2D eigenvalue weighted by molar-refractivity contribution is 5.78. The molecular formula is C18H22N2O3. The fourth-order valence-electron chi connectivity index (χ4n) is 2.19. The number of amides is 1. The van der Waals surface area contributed by atoms with Crippen molar-refractivity contribution in [3.05, 3.63) is 42.1 Å². The highest BCUT2D eigenvalue weighted by Gasteiger charge is 2.17. The molecule has 1 atom stereocenters. The third kappa shape index (κ3) is 5.36. The maximum atomic E-state index is 11.6. The fourth-order valence-corrected chi connectivity index (χ4v) is 2.19. The van der Waals surface area contributed by atoms with Crippen LogP contribution in [0, 0.1) is 5.92 Å². The molecule has 0 aliphatic heterocycles. The number of rotatable bonds is 5. The lowest BCUT2D eigenvalue weighted by Gasteiger charge is -2.20. The summed E-state index contributed by atoms with van der Waals surface area (Å²) in [6, 6.07) is 11.7. The van der Waals surface area contributed by atoms with Crippen LogP contribution in [0.5, 0.6) is 0 Å². The molecule has 0 saturated carbocycles. The van der Waals surface area contributed by atoms with E-state index in [4.69, 9.17) is 4.74 Å². The summed E-state index contributed by atoms with van der Waals surface area (Å²) in [4.78, 5) is 27.4. The van der Waals surface area contributed by atoms with Crippen molar-refractivity contribution in [2.75, 3.05) is 6.54 Å². The van der Waals surface area contributed by atoms with Crippen molar-refractivity contribution in [3.8, 4) is 0 Å². The summed E-state index contributed by atoms with van der Waals surface area (Å²) in [7, 11) is 0. The number of nitrogens with zero attached hydrogens (tertiary/aromatic N) is 1. The van der Waals surface area contributed by atoms with Crippen LogP contribution in [0.2, 0.25) is 0 Å². The average Bonchev–Trinajstić information content (AvgIpc) is 2.49. The van der Waals surface area contributed by atoms with Gasteiger partial charge >= 0.3 is 6.09 Å². The monoisotopic (exact) mass is 314 g/mol. The van der Waals surface area contributed by atoms with Crippen molar-refractivity contribution in [2.24, 2.45) is 5.92 Å². The first-order chi connectivity index (χ1) is 10.9. The van der Waals surface area contributed by atoms with Gasteiger partial charge in [-0.2, -0.15) is 0 Å². The van der Waals surface area contributed by atoms with Crippen LogP contribution < -0.4 is 5.32 Å². The Morgan fingerprint density at radius 3 is 2.70 bits per heavy atom. The van der Waals surface area contributed by atoms with Crippen molar-refractivity contribution in [2.45, 2.75) is 32.8 Å². The highest BCUT2D eigenvalue weighted by atomic mass is 16.6. The number of nitrogens with one attached hydrogen (secondary N) is 1. The van der Waals surface area contributed by atoms with Gasteiger partial charge in [-0.25, -0.2) is 4.79 Å². The van der Waals surface area contributed by atoms with Gasteiger partial charge in [-0.3, -0.25) is 4.98 Å². The van der Waals surface area contributed by atoms with Gasteiger partial charge in [0.05, 0.1) is 5.52 Å². The molecule has 0 bridgehead atoms. The van der Waals surface area contributed by atoms with Gasteiger partial charge in [0, 0.05) is 30.0 Å². The van der Waals surface area contributed by atoms with Gasteiger partial charge in [0.15, 0.2) is 0 Å². The van der Waals surface area contributed by atoms with Crippen LogP contribution in [0.4, 0.5) is 4.79 Å². The molecule has 0 fully saturated rings. The second-order valence-corrected chi connectivity index (χ2v) is 6.48. The summed E-state index contributed by atoms with van der Waals surface area (Å²) in [6.45, 7) is 5.61. The normalized spacial score (nSPS) is 12.7. The third-order valence-corrected chi connectivity index (χ3v) is 3.23. The molecule has 0 radical (unpaired) electrons. The van der Waals surface area contributed by atoms with E-state index in [-0.39, 0.29) is 12.5 Å². The molecule has 1 N–H and O–H groups in total. The van der Waals surface area contributed by atoms with Gasteiger partial charge in [0.25, 0.3) is 0 Å². The number of alkyl carbamates (subject to hydrolysis) is 1. The predicted octanol–water partition coefficient (Wildman–Crippen LogP) is 3.12. The summed E-state index contributed by atoms with van der Waals surface area (Å²) in [5.74, 6) is -0.337. The lowest BCUT2D eigenvalue weighted by Crippen LogP contribution is -2.36. The van der Waals surface area contributed by atoms with E-state index in [1.165, 1.54) is 0 Å². The van der Waals surface area contributed by atoms with Crippen LogP contribution in [-0.2, 0) is 16.0 Å². The average molecular weight is 314 g/mol. The van der Waals surface area contributed by atoms with Crippen LogP contribution in [0.1, 0.15) is 26.5 Å². The van der Waals surface area contributed by atoms with Crippen LogP contribution in [0.25, 0.3) is 10.9 Å². The first-order valence-corrected chi connectivity index (χ1v) is 7.64. The summed E-state index contributed by atoms with van der Waals surface area (Å²) >= 11 is 0. The van der Waals surface area contributed by atoms with Crippen LogP contribution in [0.15, 0.2) is 36.4 Å². The molecule has 5 heteroatoms. The lowest BCUT2D eigenvalue weighted by molar-refractivity contribution is -0.110.